The van der Waals surface area contributed by atoms with E-state index in [0.29, 0.717) is 50.8 Å². The van der Waals surface area contributed by atoms with Gasteiger partial charge in [0.15, 0.2) is 16.7 Å². The molecule has 0 saturated heterocycles. The summed E-state index contributed by atoms with van der Waals surface area (Å²) in [5.74, 6) is 1.26. The maximum absolute atomic E-state index is 11.7. The first-order valence-electron chi connectivity index (χ1n) is 11.8. The molecule has 200 valence electrons. The van der Waals surface area contributed by atoms with E-state index in [4.69, 9.17) is 32.7 Å². The second-order valence-corrected chi connectivity index (χ2v) is 10.3. The molecule has 4 aromatic rings. The van der Waals surface area contributed by atoms with Crippen LogP contribution in [-0.2, 0) is 6.61 Å². The van der Waals surface area contributed by atoms with E-state index in [1.165, 1.54) is 11.8 Å². The Morgan fingerprint density at radius 3 is 2.56 bits per heavy atom. The number of thioether (sulfide) groups is 1. The molecule has 0 N–H and O–H groups in total. The monoisotopic (exact) mass is 583 g/mol. The largest absolute Gasteiger partial charge is 0.490 e. The molecule has 0 bridgehead atoms. The number of nitro groups is 1. The minimum Gasteiger partial charge on any atom is -0.490 e. The van der Waals surface area contributed by atoms with Crippen LogP contribution in [0.25, 0.3) is 5.69 Å². The van der Waals surface area contributed by atoms with Crippen LogP contribution in [0.2, 0.25) is 10.0 Å². The molecule has 1 atom stereocenters. The summed E-state index contributed by atoms with van der Waals surface area (Å²) in [6.45, 7) is 3.64. The second kappa shape index (κ2) is 12.8. The molecule has 12 heteroatoms. The highest BCUT2D eigenvalue weighted by atomic mass is 35.5. The Balaban J connectivity index is 1.68. The van der Waals surface area contributed by atoms with Crippen molar-refractivity contribution in [2.45, 2.75) is 30.9 Å². The van der Waals surface area contributed by atoms with Crippen LogP contribution in [-0.4, -0.2) is 32.8 Å². The van der Waals surface area contributed by atoms with Crippen LogP contribution >= 0.6 is 35.0 Å². The van der Waals surface area contributed by atoms with Gasteiger partial charge >= 0.3 is 0 Å². The average molecular weight is 584 g/mol. The van der Waals surface area contributed by atoms with Crippen molar-refractivity contribution in [1.29, 1.82) is 5.26 Å². The minimum absolute atomic E-state index is 0.0967. The van der Waals surface area contributed by atoms with Crippen molar-refractivity contribution in [3.05, 3.63) is 103 Å². The van der Waals surface area contributed by atoms with Gasteiger partial charge in [0.05, 0.1) is 23.3 Å². The Hall–Kier alpha value is -3.78. The summed E-state index contributed by atoms with van der Waals surface area (Å²) in [7, 11) is 0. The van der Waals surface area contributed by atoms with E-state index in [-0.39, 0.29) is 16.6 Å². The van der Waals surface area contributed by atoms with E-state index in [9.17, 15) is 15.4 Å². The zero-order valence-corrected chi connectivity index (χ0v) is 23.3. The molecule has 0 saturated carbocycles. The van der Waals surface area contributed by atoms with Crippen LogP contribution in [0.4, 0.5) is 0 Å². The minimum atomic E-state index is -0.667. The molecule has 9 nitrogen and oxygen atoms in total. The van der Waals surface area contributed by atoms with Gasteiger partial charge in [0.2, 0.25) is 6.54 Å². The smallest absolute Gasteiger partial charge is 0.220 e. The Labute approximate surface area is 239 Å². The molecule has 4 rings (SSSR count). The Kier molecular flexibility index (Phi) is 9.30. The summed E-state index contributed by atoms with van der Waals surface area (Å²) in [6, 6.07) is 19.7. The van der Waals surface area contributed by atoms with Crippen LogP contribution < -0.4 is 9.47 Å². The van der Waals surface area contributed by atoms with Crippen LogP contribution in [0.15, 0.2) is 65.8 Å². The van der Waals surface area contributed by atoms with E-state index in [1.54, 1.807) is 49.4 Å². The highest BCUT2D eigenvalue weighted by Gasteiger charge is 2.26. The molecule has 39 heavy (non-hydrogen) atoms. The molecule has 0 radical (unpaired) electrons. The third-order valence-corrected chi connectivity index (χ3v) is 7.37. The van der Waals surface area contributed by atoms with Crippen LogP contribution in [0, 0.1) is 28.4 Å². The number of hydrogen-bond acceptors (Lipinski definition) is 8. The lowest BCUT2D eigenvalue weighted by Gasteiger charge is -2.19. The van der Waals surface area contributed by atoms with Gasteiger partial charge in [0.1, 0.15) is 17.7 Å². The Morgan fingerprint density at radius 2 is 1.87 bits per heavy atom. The van der Waals surface area contributed by atoms with E-state index in [1.807, 2.05) is 29.7 Å². The van der Waals surface area contributed by atoms with Gasteiger partial charge in [-0.1, -0.05) is 53.2 Å². The highest BCUT2D eigenvalue weighted by molar-refractivity contribution is 7.99. The van der Waals surface area contributed by atoms with Gasteiger partial charge in [-0.05, 0) is 61.9 Å². The number of aryl methyl sites for hydroxylation is 1. The van der Waals surface area contributed by atoms with E-state index in [0.717, 1.165) is 5.69 Å². The van der Waals surface area contributed by atoms with Crippen molar-refractivity contribution in [3.8, 4) is 23.3 Å². The predicted octanol–water partition coefficient (Wildman–Crippen LogP) is 6.84. The lowest BCUT2D eigenvalue weighted by atomic mass is 10.1. The fraction of sp³-hybridized carbons (Fsp3) is 0.222. The lowest BCUT2D eigenvalue weighted by molar-refractivity contribution is -0.479. The molecule has 1 aromatic heterocycles. The average Bonchev–Trinajstić information content (AvgIpc) is 3.28. The van der Waals surface area contributed by atoms with Gasteiger partial charge < -0.3 is 9.47 Å². The summed E-state index contributed by atoms with van der Waals surface area (Å²) in [5.41, 5.74) is 2.53. The van der Waals surface area contributed by atoms with Crippen molar-refractivity contribution in [1.82, 2.24) is 14.8 Å². The molecule has 3 aromatic carbocycles. The lowest BCUT2D eigenvalue weighted by Crippen LogP contribution is -2.12. The Morgan fingerprint density at radius 1 is 1.13 bits per heavy atom. The number of benzene rings is 3. The molecule has 0 aliphatic heterocycles. The van der Waals surface area contributed by atoms with Crippen molar-refractivity contribution in [2.24, 2.45) is 0 Å². The number of halogens is 2. The highest BCUT2D eigenvalue weighted by Crippen LogP contribution is 2.43. The molecular formula is C27H23Cl2N5O4S. The number of nitrogens with zero attached hydrogens (tertiary/aromatic N) is 5. The van der Waals surface area contributed by atoms with Gasteiger partial charge in [0.25, 0.3) is 0 Å². The molecule has 0 unspecified atom stereocenters. The van der Waals surface area contributed by atoms with Gasteiger partial charge in [-0.3, -0.25) is 14.7 Å². The molecule has 1 heterocycles. The van der Waals surface area contributed by atoms with E-state index < -0.39 is 11.8 Å². The first kappa shape index (κ1) is 28.2. The fourth-order valence-electron chi connectivity index (χ4n) is 3.86. The van der Waals surface area contributed by atoms with Crippen molar-refractivity contribution < 1.29 is 14.4 Å². The molecule has 0 fully saturated rings. The van der Waals surface area contributed by atoms with Crippen LogP contribution in [0.5, 0.6) is 11.5 Å². The third kappa shape index (κ3) is 6.81. The van der Waals surface area contributed by atoms with Crippen molar-refractivity contribution in [2.75, 3.05) is 13.2 Å². The van der Waals surface area contributed by atoms with E-state index in [2.05, 4.69) is 16.3 Å². The first-order chi connectivity index (χ1) is 18.8. The number of ether oxygens (including phenoxy) is 2. The van der Waals surface area contributed by atoms with Gasteiger partial charge in [-0.2, -0.15) is 5.26 Å². The number of rotatable bonds is 11. The van der Waals surface area contributed by atoms with Gasteiger partial charge in [-0.15, -0.1) is 10.2 Å². The van der Waals surface area contributed by atoms with Gasteiger partial charge in [0, 0.05) is 21.2 Å². The maximum atomic E-state index is 11.7. The molecular weight excluding hydrogens is 561 g/mol. The first-order valence-corrected chi connectivity index (χ1v) is 13.5. The van der Waals surface area contributed by atoms with Crippen LogP contribution in [0.3, 0.4) is 0 Å². The molecule has 0 aliphatic rings. The number of hydrogen-bond donors (Lipinski definition) is 0. The Bertz CT molecular complexity index is 1520. The predicted molar refractivity (Wildman–Crippen MR) is 150 cm³/mol. The summed E-state index contributed by atoms with van der Waals surface area (Å²) in [6.07, 6.45) is 0. The quantitative estimate of drug-likeness (QED) is 0.107. The van der Waals surface area contributed by atoms with Crippen LogP contribution in [0.1, 0.15) is 34.7 Å². The second-order valence-electron chi connectivity index (χ2n) is 8.28. The summed E-state index contributed by atoms with van der Waals surface area (Å²) >= 11 is 13.9. The number of aromatic nitrogens is 3. The zero-order chi connectivity index (χ0) is 27.9. The summed E-state index contributed by atoms with van der Waals surface area (Å²) < 4.78 is 13.6. The number of nitriles is 1. The van der Waals surface area contributed by atoms with Crippen molar-refractivity contribution >= 4 is 35.0 Å². The van der Waals surface area contributed by atoms with E-state index >= 15 is 0 Å². The standard InChI is InChI=1S/C27H23Cl2N5O4S/c1-3-37-24-13-20(12-23(29)26(24)38-16-19-7-5-4-6-18(19)14-30)25(15-33(35)36)39-27-32-31-17(2)34(27)22-10-8-21(28)9-11-22/h4-13,25H,3,15-16H2,1-2H3/t25-/m0/s1. The van der Waals surface area contributed by atoms with Crippen molar-refractivity contribution in [3.63, 3.8) is 0 Å². The zero-order valence-electron chi connectivity index (χ0n) is 21.0. The fourth-order valence-corrected chi connectivity index (χ4v) is 5.42. The molecule has 0 spiro atoms. The normalized spacial score (nSPS) is 11.6. The maximum Gasteiger partial charge on any atom is 0.220 e. The summed E-state index contributed by atoms with van der Waals surface area (Å²) in [5, 5.41) is 30.1. The topological polar surface area (TPSA) is 116 Å². The molecule has 0 aliphatic carbocycles. The third-order valence-electron chi connectivity index (χ3n) is 5.66. The molecule has 0 amide bonds. The SMILES string of the molecule is CCOc1cc([C@H](C[N+](=O)[O-])Sc2nnc(C)n2-c2ccc(Cl)cc2)cc(Cl)c1OCc1ccccc1C#N. The van der Waals surface area contributed by atoms with Gasteiger partial charge in [-0.25, -0.2) is 0 Å². The summed E-state index contributed by atoms with van der Waals surface area (Å²) in [4.78, 5) is 11.3.